The van der Waals surface area contributed by atoms with Crippen molar-refractivity contribution in [2.24, 2.45) is 5.92 Å². The predicted octanol–water partition coefficient (Wildman–Crippen LogP) is 2.21. The fourth-order valence-corrected chi connectivity index (χ4v) is 3.07. The summed E-state index contributed by atoms with van der Waals surface area (Å²) in [5.74, 6) is 1.39. The number of aliphatic hydroxyl groups excluding tert-OH is 1. The van der Waals surface area contributed by atoms with Crippen LogP contribution >= 0.6 is 0 Å². The molecule has 0 amide bonds. The van der Waals surface area contributed by atoms with Crippen LogP contribution in [-0.2, 0) is 0 Å². The van der Waals surface area contributed by atoms with Crippen molar-refractivity contribution < 1.29 is 5.11 Å². The number of rotatable bonds is 3. The lowest BCUT2D eigenvalue weighted by Crippen LogP contribution is -2.23. The fraction of sp³-hybridized carbons (Fsp3) is 0.294. The average molecular weight is 294 g/mol. The zero-order valence-electron chi connectivity index (χ0n) is 12.3. The maximum absolute atomic E-state index is 9.38. The molecule has 1 saturated heterocycles. The second-order valence-electron chi connectivity index (χ2n) is 5.75. The molecular formula is C17H18N4O. The van der Waals surface area contributed by atoms with Crippen LogP contribution in [0.2, 0.25) is 0 Å². The number of aliphatic hydroxyl groups is 1. The highest BCUT2D eigenvalue weighted by Gasteiger charge is 2.24. The summed E-state index contributed by atoms with van der Waals surface area (Å²) in [6.07, 6.45) is 2.79. The van der Waals surface area contributed by atoms with E-state index < -0.39 is 0 Å². The Morgan fingerprint density at radius 2 is 2.05 bits per heavy atom. The van der Waals surface area contributed by atoms with Gasteiger partial charge < -0.3 is 10.0 Å². The number of hydrogen-bond acceptors (Lipinski definition) is 4. The van der Waals surface area contributed by atoms with Crippen LogP contribution in [-0.4, -0.2) is 39.4 Å². The molecule has 5 heteroatoms. The highest BCUT2D eigenvalue weighted by atomic mass is 16.3. The Balaban J connectivity index is 1.81. The molecule has 1 N–H and O–H groups in total. The number of benzene rings is 1. The highest BCUT2D eigenvalue weighted by molar-refractivity contribution is 5.67. The second kappa shape index (κ2) is 5.42. The van der Waals surface area contributed by atoms with E-state index in [1.165, 1.54) is 0 Å². The van der Waals surface area contributed by atoms with Crippen LogP contribution in [0.4, 0.5) is 5.82 Å². The molecule has 0 aliphatic carbocycles. The molecule has 3 heterocycles. The van der Waals surface area contributed by atoms with Gasteiger partial charge in [-0.05, 0) is 6.42 Å². The van der Waals surface area contributed by atoms with E-state index in [1.54, 1.807) is 6.20 Å². The van der Waals surface area contributed by atoms with Crippen molar-refractivity contribution in [1.82, 2.24) is 14.6 Å². The fourth-order valence-electron chi connectivity index (χ4n) is 3.07. The summed E-state index contributed by atoms with van der Waals surface area (Å²) in [5.41, 5.74) is 2.91. The van der Waals surface area contributed by atoms with E-state index in [2.05, 4.69) is 28.2 Å². The van der Waals surface area contributed by atoms with E-state index in [-0.39, 0.29) is 6.61 Å². The summed E-state index contributed by atoms with van der Waals surface area (Å²) in [5, 5.41) is 13.8. The minimum Gasteiger partial charge on any atom is -0.396 e. The van der Waals surface area contributed by atoms with E-state index in [1.807, 2.05) is 28.8 Å². The lowest BCUT2D eigenvalue weighted by atomic mass is 10.1. The van der Waals surface area contributed by atoms with Gasteiger partial charge in [0, 0.05) is 43.3 Å². The van der Waals surface area contributed by atoms with Crippen LogP contribution in [0.3, 0.4) is 0 Å². The van der Waals surface area contributed by atoms with Crippen LogP contribution in [0.25, 0.3) is 16.9 Å². The Labute approximate surface area is 128 Å². The van der Waals surface area contributed by atoms with Gasteiger partial charge in [-0.1, -0.05) is 30.3 Å². The van der Waals surface area contributed by atoms with E-state index in [9.17, 15) is 5.11 Å². The first-order valence-corrected chi connectivity index (χ1v) is 7.61. The third-order valence-electron chi connectivity index (χ3n) is 4.28. The standard InChI is InChI=1S/C17H18N4O/c22-12-13-7-9-20(11-13)17-10-15(14-4-2-1-3-5-14)19-16-6-8-18-21(16)17/h1-6,8,10,13,22H,7,9,11-12H2. The second-order valence-corrected chi connectivity index (χ2v) is 5.75. The first kappa shape index (κ1) is 13.3. The molecular weight excluding hydrogens is 276 g/mol. The van der Waals surface area contributed by atoms with Crippen molar-refractivity contribution in [3.63, 3.8) is 0 Å². The summed E-state index contributed by atoms with van der Waals surface area (Å²) in [7, 11) is 0. The maximum Gasteiger partial charge on any atom is 0.157 e. The summed E-state index contributed by atoms with van der Waals surface area (Å²) in [6, 6.07) is 14.2. The first-order valence-electron chi connectivity index (χ1n) is 7.61. The molecule has 3 aromatic rings. The van der Waals surface area contributed by atoms with Gasteiger partial charge in [0.1, 0.15) is 5.82 Å². The Hall–Kier alpha value is -2.40. The van der Waals surface area contributed by atoms with Crippen molar-refractivity contribution in [3.8, 4) is 11.3 Å². The number of nitrogens with zero attached hydrogens (tertiary/aromatic N) is 4. The Morgan fingerprint density at radius 1 is 1.18 bits per heavy atom. The third-order valence-corrected chi connectivity index (χ3v) is 4.28. The van der Waals surface area contributed by atoms with Gasteiger partial charge in [-0.15, -0.1) is 0 Å². The van der Waals surface area contributed by atoms with Gasteiger partial charge in [0.2, 0.25) is 0 Å². The summed E-state index contributed by atoms with van der Waals surface area (Å²) in [4.78, 5) is 6.99. The maximum atomic E-state index is 9.38. The van der Waals surface area contributed by atoms with Crippen molar-refractivity contribution in [3.05, 3.63) is 48.7 Å². The normalized spacial score (nSPS) is 18.2. The molecule has 0 radical (unpaired) electrons. The molecule has 0 saturated carbocycles. The molecule has 1 unspecified atom stereocenters. The Morgan fingerprint density at radius 3 is 2.82 bits per heavy atom. The van der Waals surface area contributed by atoms with E-state index in [0.717, 1.165) is 42.2 Å². The van der Waals surface area contributed by atoms with Crippen LogP contribution < -0.4 is 4.90 Å². The van der Waals surface area contributed by atoms with Gasteiger partial charge in [0.25, 0.3) is 0 Å². The summed E-state index contributed by atoms with van der Waals surface area (Å²) >= 11 is 0. The molecule has 112 valence electrons. The van der Waals surface area contributed by atoms with E-state index in [4.69, 9.17) is 4.98 Å². The van der Waals surface area contributed by atoms with Crippen LogP contribution in [0.15, 0.2) is 48.7 Å². The topological polar surface area (TPSA) is 53.7 Å². The van der Waals surface area contributed by atoms with Gasteiger partial charge in [0.05, 0.1) is 11.9 Å². The lowest BCUT2D eigenvalue weighted by molar-refractivity contribution is 0.238. The van der Waals surface area contributed by atoms with Crippen LogP contribution in [0.5, 0.6) is 0 Å². The van der Waals surface area contributed by atoms with Crippen molar-refractivity contribution in [2.45, 2.75) is 6.42 Å². The molecule has 1 aliphatic rings. The van der Waals surface area contributed by atoms with Gasteiger partial charge in [0.15, 0.2) is 5.65 Å². The minimum absolute atomic E-state index is 0.245. The van der Waals surface area contributed by atoms with E-state index in [0.29, 0.717) is 5.92 Å². The lowest BCUT2D eigenvalue weighted by Gasteiger charge is -2.20. The van der Waals surface area contributed by atoms with Gasteiger partial charge in [-0.3, -0.25) is 0 Å². The van der Waals surface area contributed by atoms with Crippen molar-refractivity contribution in [1.29, 1.82) is 0 Å². The predicted molar refractivity (Wildman–Crippen MR) is 85.8 cm³/mol. The first-order chi connectivity index (χ1) is 10.8. The van der Waals surface area contributed by atoms with Crippen LogP contribution in [0.1, 0.15) is 6.42 Å². The molecule has 1 aliphatic heterocycles. The molecule has 0 spiro atoms. The molecule has 1 atom stereocenters. The SMILES string of the molecule is OCC1CCN(c2cc(-c3ccccc3)nc3ccnn23)C1. The molecule has 1 aromatic carbocycles. The number of hydrogen-bond donors (Lipinski definition) is 1. The number of aromatic nitrogens is 3. The minimum atomic E-state index is 0.245. The summed E-state index contributed by atoms with van der Waals surface area (Å²) < 4.78 is 1.88. The van der Waals surface area contributed by atoms with Crippen molar-refractivity contribution in [2.75, 3.05) is 24.6 Å². The van der Waals surface area contributed by atoms with Crippen LogP contribution in [0, 0.1) is 5.92 Å². The van der Waals surface area contributed by atoms with Gasteiger partial charge >= 0.3 is 0 Å². The smallest absolute Gasteiger partial charge is 0.157 e. The molecule has 5 nitrogen and oxygen atoms in total. The largest absolute Gasteiger partial charge is 0.396 e. The Bertz CT molecular complexity index is 784. The monoisotopic (exact) mass is 294 g/mol. The van der Waals surface area contributed by atoms with Gasteiger partial charge in [-0.2, -0.15) is 9.61 Å². The molecule has 22 heavy (non-hydrogen) atoms. The highest BCUT2D eigenvalue weighted by Crippen LogP contribution is 2.28. The molecule has 4 rings (SSSR count). The molecule has 0 bridgehead atoms. The number of fused-ring (bicyclic) bond motifs is 1. The average Bonchev–Trinajstić information content (AvgIpc) is 3.23. The summed E-state index contributed by atoms with van der Waals surface area (Å²) in [6.45, 7) is 2.05. The quantitative estimate of drug-likeness (QED) is 0.805. The molecule has 1 fully saturated rings. The number of anilines is 1. The third kappa shape index (κ3) is 2.23. The molecule has 2 aromatic heterocycles. The van der Waals surface area contributed by atoms with Crippen molar-refractivity contribution >= 4 is 11.5 Å². The zero-order chi connectivity index (χ0) is 14.9. The zero-order valence-corrected chi connectivity index (χ0v) is 12.3. The Kier molecular flexibility index (Phi) is 3.27. The van der Waals surface area contributed by atoms with E-state index >= 15 is 0 Å². The van der Waals surface area contributed by atoms with Gasteiger partial charge in [-0.25, -0.2) is 4.98 Å².